The lowest BCUT2D eigenvalue weighted by molar-refractivity contribution is -0.136. The van der Waals surface area contributed by atoms with Crippen LogP contribution in [0.25, 0.3) is 16.5 Å². The Kier molecular flexibility index (Phi) is 6.42. The number of ether oxygens (including phenoxy) is 2. The third kappa shape index (κ3) is 4.19. The first-order valence-electron chi connectivity index (χ1n) is 12.4. The summed E-state index contributed by atoms with van der Waals surface area (Å²) in [5, 5.41) is 6.03. The number of carbonyl (C=O) groups is 2. The number of hydrogen-bond donors (Lipinski definition) is 1. The van der Waals surface area contributed by atoms with Crippen LogP contribution in [0.3, 0.4) is 0 Å². The van der Waals surface area contributed by atoms with Crippen LogP contribution in [0.15, 0.2) is 95.7 Å². The van der Waals surface area contributed by atoms with Gasteiger partial charge in [-0.15, -0.1) is 0 Å². The van der Waals surface area contributed by atoms with Crippen LogP contribution < -0.4 is 10.1 Å². The lowest BCUT2D eigenvalue weighted by Gasteiger charge is -2.29. The van der Waals surface area contributed by atoms with Gasteiger partial charge in [0.15, 0.2) is 11.5 Å². The molecule has 1 aliphatic heterocycles. The number of hydrogen-bond acceptors (Lipinski definition) is 5. The van der Waals surface area contributed by atoms with Gasteiger partial charge in [-0.05, 0) is 41.0 Å². The summed E-state index contributed by atoms with van der Waals surface area (Å²) in [6.07, 6.45) is 0. The van der Waals surface area contributed by atoms with Crippen molar-refractivity contribution in [3.05, 3.63) is 128 Å². The number of carbonyl (C=O) groups excluding carboxylic acids is 2. The summed E-state index contributed by atoms with van der Waals surface area (Å²) in [4.78, 5) is 26.6. The third-order valence-corrected chi connectivity index (χ3v) is 7.82. The minimum absolute atomic E-state index is 0.157. The zero-order valence-electron chi connectivity index (χ0n) is 21.2. The average molecular weight is 556 g/mol. The fourth-order valence-electron chi connectivity index (χ4n) is 5.50. The van der Waals surface area contributed by atoms with Crippen molar-refractivity contribution in [3.63, 3.8) is 0 Å². The van der Waals surface area contributed by atoms with Gasteiger partial charge in [-0.2, -0.15) is 0 Å². The van der Waals surface area contributed by atoms with Crippen molar-refractivity contribution in [1.29, 1.82) is 0 Å². The van der Waals surface area contributed by atoms with E-state index in [2.05, 4.69) is 5.32 Å². The predicted molar refractivity (Wildman–Crippen MR) is 153 cm³/mol. The van der Waals surface area contributed by atoms with E-state index in [1.54, 1.807) is 25.1 Å². The van der Waals surface area contributed by atoms with E-state index in [0.29, 0.717) is 39.4 Å². The molecule has 5 nitrogen and oxygen atoms in total. The molecule has 0 fully saturated rings. The standard InChI is InChI=1S/C32H23Cl2NO4/c1-17-26(32(37)38-2)27(28-29(35-17)22-12-5-6-13-23(22)30(28)36)20-14-24(33)31(25(34)15-20)39-16-19-10-7-9-18-8-3-4-11-21(18)19/h3-15,27,35H,16H2,1-2H3/t27-/m1/s1. The Balaban J connectivity index is 1.41. The summed E-state index contributed by atoms with van der Waals surface area (Å²) in [5.41, 5.74) is 5.01. The molecule has 4 aromatic rings. The van der Waals surface area contributed by atoms with E-state index in [0.717, 1.165) is 21.9 Å². The summed E-state index contributed by atoms with van der Waals surface area (Å²) in [6, 6.07) is 24.9. The Hall–Kier alpha value is -4.06. The van der Waals surface area contributed by atoms with E-state index in [1.165, 1.54) is 7.11 Å². The zero-order chi connectivity index (χ0) is 27.3. The third-order valence-electron chi connectivity index (χ3n) is 7.26. The molecule has 1 N–H and O–H groups in total. The van der Waals surface area contributed by atoms with Gasteiger partial charge in [0, 0.05) is 28.3 Å². The first kappa shape index (κ1) is 25.2. The van der Waals surface area contributed by atoms with E-state index in [-0.39, 0.29) is 22.4 Å². The van der Waals surface area contributed by atoms with Gasteiger partial charge in [0.2, 0.25) is 0 Å². The lowest BCUT2D eigenvalue weighted by Crippen LogP contribution is -2.29. The van der Waals surface area contributed by atoms with Crippen molar-refractivity contribution in [2.45, 2.75) is 19.4 Å². The molecule has 1 atom stereocenters. The van der Waals surface area contributed by atoms with Crippen molar-refractivity contribution in [2.24, 2.45) is 0 Å². The lowest BCUT2D eigenvalue weighted by atomic mass is 9.80. The van der Waals surface area contributed by atoms with E-state index < -0.39 is 11.9 Å². The highest BCUT2D eigenvalue weighted by molar-refractivity contribution is 6.37. The highest BCUT2D eigenvalue weighted by Crippen LogP contribution is 2.48. The second-order valence-corrected chi connectivity index (χ2v) is 10.3. The molecule has 0 saturated carbocycles. The molecule has 0 aromatic heterocycles. The Bertz CT molecular complexity index is 1730. The van der Waals surface area contributed by atoms with Gasteiger partial charge in [-0.3, -0.25) is 4.79 Å². The number of nitrogens with one attached hydrogen (secondary N) is 1. The number of ketones is 1. The fraction of sp³-hybridized carbons (Fsp3) is 0.125. The Labute approximate surface area is 235 Å². The summed E-state index contributed by atoms with van der Waals surface area (Å²) in [6.45, 7) is 2.06. The Morgan fingerprint density at radius 3 is 2.33 bits per heavy atom. The number of allylic oxidation sites excluding steroid dienone is 2. The van der Waals surface area contributed by atoms with Gasteiger partial charge >= 0.3 is 5.97 Å². The number of methoxy groups -OCH3 is 1. The van der Waals surface area contributed by atoms with E-state index in [9.17, 15) is 9.59 Å². The SMILES string of the molecule is COC(=O)C1=C(C)NC2=C(C(=O)c3ccccc32)[C@@H]1c1cc(Cl)c(OCc2cccc3ccccc23)c(Cl)c1. The van der Waals surface area contributed by atoms with Crippen LogP contribution in [0.4, 0.5) is 0 Å². The molecule has 0 saturated heterocycles. The summed E-state index contributed by atoms with van der Waals surface area (Å²) in [7, 11) is 1.32. The molecule has 194 valence electrons. The van der Waals surface area contributed by atoms with Crippen molar-refractivity contribution in [1.82, 2.24) is 5.32 Å². The van der Waals surface area contributed by atoms with Crippen molar-refractivity contribution >= 4 is 51.4 Å². The maximum absolute atomic E-state index is 13.6. The smallest absolute Gasteiger partial charge is 0.336 e. The van der Waals surface area contributed by atoms with Crippen LogP contribution in [0, 0.1) is 0 Å². The molecule has 1 aliphatic carbocycles. The summed E-state index contributed by atoms with van der Waals surface area (Å²) < 4.78 is 11.2. The number of fused-ring (bicyclic) bond motifs is 3. The predicted octanol–water partition coefficient (Wildman–Crippen LogP) is 7.47. The van der Waals surface area contributed by atoms with Crippen molar-refractivity contribution in [2.75, 3.05) is 7.11 Å². The second-order valence-electron chi connectivity index (χ2n) is 9.49. The number of dihydropyridines is 1. The fourth-order valence-corrected chi connectivity index (χ4v) is 6.11. The molecular weight excluding hydrogens is 533 g/mol. The highest BCUT2D eigenvalue weighted by Gasteiger charge is 2.43. The number of rotatable bonds is 5. The Morgan fingerprint density at radius 1 is 0.923 bits per heavy atom. The molecule has 4 aromatic carbocycles. The zero-order valence-corrected chi connectivity index (χ0v) is 22.7. The van der Waals surface area contributed by atoms with Gasteiger partial charge in [-0.25, -0.2) is 4.79 Å². The highest BCUT2D eigenvalue weighted by atomic mass is 35.5. The van der Waals surface area contributed by atoms with Crippen LogP contribution in [-0.4, -0.2) is 18.9 Å². The maximum atomic E-state index is 13.6. The second kappa shape index (κ2) is 9.92. The molecule has 0 unspecified atom stereocenters. The quantitative estimate of drug-likeness (QED) is 0.259. The molecule has 7 heteroatoms. The first-order chi connectivity index (χ1) is 18.9. The van der Waals surface area contributed by atoms with Gasteiger partial charge in [0.1, 0.15) is 6.61 Å². The van der Waals surface area contributed by atoms with Crippen LogP contribution >= 0.6 is 23.2 Å². The largest absolute Gasteiger partial charge is 0.486 e. The van der Waals surface area contributed by atoms with Gasteiger partial charge < -0.3 is 14.8 Å². The molecule has 0 radical (unpaired) electrons. The molecule has 2 aliphatic rings. The molecular formula is C32H23Cl2NO4. The number of esters is 1. The minimum atomic E-state index is -0.726. The van der Waals surface area contributed by atoms with Gasteiger partial charge in [0.05, 0.1) is 28.4 Å². The normalized spacial score (nSPS) is 16.2. The molecule has 39 heavy (non-hydrogen) atoms. The first-order valence-corrected chi connectivity index (χ1v) is 13.2. The van der Waals surface area contributed by atoms with E-state index in [1.807, 2.05) is 60.7 Å². The van der Waals surface area contributed by atoms with E-state index >= 15 is 0 Å². The van der Waals surface area contributed by atoms with Crippen LogP contribution in [0.2, 0.25) is 10.0 Å². The molecule has 6 rings (SSSR count). The van der Waals surface area contributed by atoms with Crippen LogP contribution in [-0.2, 0) is 16.1 Å². The van der Waals surface area contributed by atoms with Crippen LogP contribution in [0.5, 0.6) is 5.75 Å². The van der Waals surface area contributed by atoms with Gasteiger partial charge in [-0.1, -0.05) is 89.9 Å². The molecule has 0 spiro atoms. The molecule has 0 amide bonds. The van der Waals surface area contributed by atoms with Crippen molar-refractivity contribution in [3.8, 4) is 5.75 Å². The number of Topliss-reactive ketones (excluding diaryl/α,β-unsaturated/α-hetero) is 1. The summed E-state index contributed by atoms with van der Waals surface area (Å²) in [5.74, 6) is -1.09. The minimum Gasteiger partial charge on any atom is -0.486 e. The van der Waals surface area contributed by atoms with E-state index in [4.69, 9.17) is 32.7 Å². The molecule has 1 heterocycles. The summed E-state index contributed by atoms with van der Waals surface area (Å²) >= 11 is 13.5. The van der Waals surface area contributed by atoms with Crippen molar-refractivity contribution < 1.29 is 19.1 Å². The molecule has 0 bridgehead atoms. The monoisotopic (exact) mass is 555 g/mol. The maximum Gasteiger partial charge on any atom is 0.336 e. The Morgan fingerprint density at radius 2 is 1.59 bits per heavy atom. The van der Waals surface area contributed by atoms with Gasteiger partial charge in [0.25, 0.3) is 0 Å². The number of halogens is 2. The van der Waals surface area contributed by atoms with Crippen LogP contribution in [0.1, 0.15) is 39.9 Å². The topological polar surface area (TPSA) is 64.6 Å². The number of benzene rings is 4. The average Bonchev–Trinajstić information content (AvgIpc) is 3.22.